The first-order valence-electron chi connectivity index (χ1n) is 11.2. The van der Waals surface area contributed by atoms with Crippen LogP contribution in [-0.2, 0) is 17.6 Å². The molecule has 3 saturated heterocycles. The van der Waals surface area contributed by atoms with Crippen LogP contribution in [0.5, 0.6) is 0 Å². The highest BCUT2D eigenvalue weighted by Crippen LogP contribution is 2.43. The molecule has 2 aromatic rings. The van der Waals surface area contributed by atoms with Crippen LogP contribution >= 0.6 is 0 Å². The minimum atomic E-state index is -0.220. The smallest absolute Gasteiger partial charge is 0.318 e. The van der Waals surface area contributed by atoms with Gasteiger partial charge in [0.1, 0.15) is 5.82 Å². The summed E-state index contributed by atoms with van der Waals surface area (Å²) in [6.45, 7) is 3.74. The predicted octanol–water partition coefficient (Wildman–Crippen LogP) is 3.61. The summed E-state index contributed by atoms with van der Waals surface area (Å²) in [5, 5.41) is 8.51. The van der Waals surface area contributed by atoms with Gasteiger partial charge < -0.3 is 14.2 Å². The van der Waals surface area contributed by atoms with E-state index in [0.29, 0.717) is 36.6 Å². The van der Waals surface area contributed by atoms with Crippen LogP contribution in [0.1, 0.15) is 50.5 Å². The average molecular weight is 413 g/mol. The minimum absolute atomic E-state index is 0.0849. The van der Waals surface area contributed by atoms with Gasteiger partial charge in [-0.3, -0.25) is 4.79 Å². The van der Waals surface area contributed by atoms with Crippen molar-refractivity contribution in [3.8, 4) is 0 Å². The van der Waals surface area contributed by atoms with Gasteiger partial charge in [0.05, 0.1) is 0 Å². The standard InChI is InChI=1S/C23H29FN4O2/c1-2-5-21-25-26-23(30-21)27-13-16-12-17(14-27)20(11-15-6-3-7-18(24)10-15)28-19(16)8-4-9-22(28)29/h3,6-7,10,16-17,19-20H,2,4-5,8-9,11-14H2,1H3/t16-,17+,19+,20+/m1/s1. The van der Waals surface area contributed by atoms with E-state index in [1.54, 1.807) is 12.1 Å². The molecule has 5 rings (SSSR count). The zero-order valence-electron chi connectivity index (χ0n) is 17.5. The number of fused-ring (bicyclic) bond motifs is 4. The Morgan fingerprint density at radius 3 is 2.93 bits per heavy atom. The second-order valence-corrected chi connectivity index (χ2v) is 9.05. The van der Waals surface area contributed by atoms with Gasteiger partial charge in [-0.25, -0.2) is 4.39 Å². The van der Waals surface area contributed by atoms with E-state index in [0.717, 1.165) is 50.8 Å². The van der Waals surface area contributed by atoms with E-state index in [9.17, 15) is 9.18 Å². The van der Waals surface area contributed by atoms with E-state index in [2.05, 4.69) is 26.9 Å². The summed E-state index contributed by atoms with van der Waals surface area (Å²) in [5.74, 6) is 1.46. The summed E-state index contributed by atoms with van der Waals surface area (Å²) < 4.78 is 19.7. The molecule has 3 aliphatic heterocycles. The van der Waals surface area contributed by atoms with Crippen LogP contribution in [-0.4, -0.2) is 46.2 Å². The number of aryl methyl sites for hydroxylation is 1. The predicted molar refractivity (Wildman–Crippen MR) is 110 cm³/mol. The van der Waals surface area contributed by atoms with Crippen molar-refractivity contribution in [2.75, 3.05) is 18.0 Å². The molecule has 0 aliphatic carbocycles. The SMILES string of the molecule is CCCc1nnc(N2C[C@H]3C[C@@H](C2)[C@H](Cc2cccc(F)c2)N2C(=O)CCC[C@@H]32)o1. The fourth-order valence-electron chi connectivity index (χ4n) is 5.79. The van der Waals surface area contributed by atoms with Gasteiger partial charge in [-0.2, -0.15) is 0 Å². The normalized spacial score (nSPS) is 28.5. The monoisotopic (exact) mass is 412 g/mol. The summed E-state index contributed by atoms with van der Waals surface area (Å²) in [6.07, 6.45) is 6.18. The molecule has 0 spiro atoms. The fraction of sp³-hybridized carbons (Fsp3) is 0.609. The zero-order chi connectivity index (χ0) is 20.7. The van der Waals surface area contributed by atoms with Crippen LogP contribution in [0.15, 0.2) is 28.7 Å². The maximum atomic E-state index is 13.8. The van der Waals surface area contributed by atoms with E-state index >= 15 is 0 Å². The van der Waals surface area contributed by atoms with E-state index in [-0.39, 0.29) is 23.8 Å². The van der Waals surface area contributed by atoms with Crippen LogP contribution in [0.25, 0.3) is 0 Å². The molecule has 7 heteroatoms. The number of aromatic nitrogens is 2. The quantitative estimate of drug-likeness (QED) is 0.751. The molecule has 4 heterocycles. The topological polar surface area (TPSA) is 62.5 Å². The Morgan fingerprint density at radius 1 is 1.23 bits per heavy atom. The number of carbonyl (C=O) groups excluding carboxylic acids is 1. The van der Waals surface area contributed by atoms with E-state index in [4.69, 9.17) is 4.42 Å². The maximum absolute atomic E-state index is 13.8. The molecular formula is C23H29FN4O2. The summed E-state index contributed by atoms with van der Waals surface area (Å²) in [4.78, 5) is 17.3. The molecule has 3 fully saturated rings. The average Bonchev–Trinajstić information content (AvgIpc) is 3.20. The molecule has 30 heavy (non-hydrogen) atoms. The Labute approximate surface area is 176 Å². The number of hydrogen-bond acceptors (Lipinski definition) is 5. The number of piperidine rings is 3. The Morgan fingerprint density at radius 2 is 2.10 bits per heavy atom. The summed E-state index contributed by atoms with van der Waals surface area (Å²) >= 11 is 0. The van der Waals surface area contributed by atoms with Crippen molar-refractivity contribution < 1.29 is 13.6 Å². The zero-order valence-corrected chi connectivity index (χ0v) is 17.5. The number of anilines is 1. The van der Waals surface area contributed by atoms with Gasteiger partial charge in [0.15, 0.2) is 0 Å². The van der Waals surface area contributed by atoms with Crippen LogP contribution < -0.4 is 4.90 Å². The van der Waals surface area contributed by atoms with Crippen molar-refractivity contribution in [1.29, 1.82) is 0 Å². The number of carbonyl (C=O) groups is 1. The summed E-state index contributed by atoms with van der Waals surface area (Å²) in [6, 6.07) is 7.74. The van der Waals surface area contributed by atoms with E-state index in [1.807, 2.05) is 6.07 Å². The van der Waals surface area contributed by atoms with Crippen molar-refractivity contribution in [1.82, 2.24) is 15.1 Å². The molecule has 0 unspecified atom stereocenters. The Hall–Kier alpha value is -2.44. The summed E-state index contributed by atoms with van der Waals surface area (Å²) in [5.41, 5.74) is 0.954. The van der Waals surface area contributed by atoms with Gasteiger partial charge in [-0.15, -0.1) is 5.10 Å². The number of amides is 1. The molecule has 1 amide bonds. The van der Waals surface area contributed by atoms with Gasteiger partial charge in [-0.1, -0.05) is 24.2 Å². The lowest BCUT2D eigenvalue weighted by Gasteiger charge is -2.56. The molecule has 4 atom stereocenters. The first kappa shape index (κ1) is 19.5. The number of benzene rings is 1. The van der Waals surface area contributed by atoms with Gasteiger partial charge in [-0.05, 0) is 61.6 Å². The second kappa shape index (κ2) is 8.00. The lowest BCUT2D eigenvalue weighted by Crippen LogP contribution is -2.65. The largest absolute Gasteiger partial charge is 0.408 e. The Balaban J connectivity index is 1.43. The van der Waals surface area contributed by atoms with E-state index in [1.165, 1.54) is 6.07 Å². The van der Waals surface area contributed by atoms with Crippen LogP contribution in [0.2, 0.25) is 0 Å². The Bertz CT molecular complexity index is 916. The first-order valence-corrected chi connectivity index (χ1v) is 11.2. The highest BCUT2D eigenvalue weighted by Gasteiger charge is 2.49. The van der Waals surface area contributed by atoms with Crippen molar-refractivity contribution >= 4 is 11.9 Å². The molecule has 6 nitrogen and oxygen atoms in total. The fourth-order valence-corrected chi connectivity index (χ4v) is 5.79. The molecule has 1 aromatic carbocycles. The third-order valence-electron chi connectivity index (χ3n) is 7.02. The molecule has 160 valence electrons. The van der Waals surface area contributed by atoms with Gasteiger partial charge >= 0.3 is 6.01 Å². The molecule has 1 aromatic heterocycles. The molecule has 0 radical (unpaired) electrons. The highest BCUT2D eigenvalue weighted by atomic mass is 19.1. The summed E-state index contributed by atoms with van der Waals surface area (Å²) in [7, 11) is 0. The van der Waals surface area contributed by atoms with Gasteiger partial charge in [0, 0.05) is 38.0 Å². The van der Waals surface area contributed by atoms with Crippen molar-refractivity contribution in [3.05, 3.63) is 41.5 Å². The van der Waals surface area contributed by atoms with Crippen molar-refractivity contribution in [3.63, 3.8) is 0 Å². The number of nitrogens with zero attached hydrogens (tertiary/aromatic N) is 4. The lowest BCUT2D eigenvalue weighted by atomic mass is 9.71. The van der Waals surface area contributed by atoms with Crippen LogP contribution in [0, 0.1) is 17.7 Å². The minimum Gasteiger partial charge on any atom is -0.408 e. The number of hydrogen-bond donors (Lipinski definition) is 0. The van der Waals surface area contributed by atoms with Crippen LogP contribution in [0.3, 0.4) is 0 Å². The third-order valence-corrected chi connectivity index (χ3v) is 7.02. The molecular weight excluding hydrogens is 383 g/mol. The molecule has 0 saturated carbocycles. The second-order valence-electron chi connectivity index (χ2n) is 9.05. The number of rotatable bonds is 5. The van der Waals surface area contributed by atoms with Gasteiger partial charge in [0.25, 0.3) is 0 Å². The van der Waals surface area contributed by atoms with E-state index < -0.39 is 0 Å². The first-order chi connectivity index (χ1) is 14.6. The highest BCUT2D eigenvalue weighted by molar-refractivity contribution is 5.78. The molecule has 0 N–H and O–H groups in total. The lowest BCUT2D eigenvalue weighted by molar-refractivity contribution is -0.148. The Kier molecular flexibility index (Phi) is 5.21. The van der Waals surface area contributed by atoms with Crippen molar-refractivity contribution in [2.45, 2.75) is 64.0 Å². The third kappa shape index (κ3) is 3.59. The maximum Gasteiger partial charge on any atom is 0.318 e. The van der Waals surface area contributed by atoms with Gasteiger partial charge in [0.2, 0.25) is 11.8 Å². The molecule has 3 aliphatic rings. The van der Waals surface area contributed by atoms with Crippen LogP contribution in [0.4, 0.5) is 10.4 Å². The molecule has 2 bridgehead atoms. The number of halogens is 1. The van der Waals surface area contributed by atoms with Crippen molar-refractivity contribution in [2.24, 2.45) is 11.8 Å².